The number of hydrogen-bond donors (Lipinski definition) is 1. The third-order valence-electron chi connectivity index (χ3n) is 3.30. The molecule has 0 radical (unpaired) electrons. The summed E-state index contributed by atoms with van der Waals surface area (Å²) in [5.74, 6) is 1.44. The van der Waals surface area contributed by atoms with E-state index in [2.05, 4.69) is 11.9 Å². The van der Waals surface area contributed by atoms with Gasteiger partial charge in [0.15, 0.2) is 0 Å². The van der Waals surface area contributed by atoms with Crippen molar-refractivity contribution in [3.05, 3.63) is 23.9 Å². The smallest absolute Gasteiger partial charge is 0.123 e. The lowest BCUT2D eigenvalue weighted by Crippen LogP contribution is -2.20. The molecule has 0 aromatic carbocycles. The molecule has 1 aromatic rings. The minimum atomic E-state index is 0.439. The first-order valence-electron chi connectivity index (χ1n) is 6.06. The van der Waals surface area contributed by atoms with Crippen LogP contribution in [0.5, 0.6) is 0 Å². The minimum Gasteiger partial charge on any atom is -0.384 e. The highest BCUT2D eigenvalue weighted by atomic mass is 16.5. The van der Waals surface area contributed by atoms with E-state index in [1.165, 1.54) is 25.7 Å². The number of nitrogens with two attached hydrogens (primary N) is 1. The predicted molar refractivity (Wildman–Crippen MR) is 64.9 cm³/mol. The van der Waals surface area contributed by atoms with Gasteiger partial charge in [0.05, 0.1) is 12.7 Å². The summed E-state index contributed by atoms with van der Waals surface area (Å²) in [6.45, 7) is 2.98. The quantitative estimate of drug-likeness (QED) is 0.852. The van der Waals surface area contributed by atoms with Gasteiger partial charge in [-0.3, -0.25) is 0 Å². The van der Waals surface area contributed by atoms with Crippen LogP contribution in [0.4, 0.5) is 5.82 Å². The van der Waals surface area contributed by atoms with Gasteiger partial charge in [-0.15, -0.1) is 0 Å². The van der Waals surface area contributed by atoms with Crippen LogP contribution in [-0.4, -0.2) is 11.1 Å². The van der Waals surface area contributed by atoms with E-state index in [0.29, 0.717) is 18.5 Å². The van der Waals surface area contributed by atoms with Crippen molar-refractivity contribution in [2.45, 2.75) is 45.3 Å². The number of hydrogen-bond acceptors (Lipinski definition) is 3. The molecule has 1 saturated carbocycles. The summed E-state index contributed by atoms with van der Waals surface area (Å²) in [5.41, 5.74) is 6.63. The van der Waals surface area contributed by atoms with Gasteiger partial charge in [0.2, 0.25) is 0 Å². The van der Waals surface area contributed by atoms with Gasteiger partial charge in [0.1, 0.15) is 5.82 Å². The zero-order chi connectivity index (χ0) is 11.4. The van der Waals surface area contributed by atoms with E-state index in [4.69, 9.17) is 10.5 Å². The van der Waals surface area contributed by atoms with Crippen molar-refractivity contribution in [1.29, 1.82) is 0 Å². The Kier molecular flexibility index (Phi) is 3.78. The molecule has 1 fully saturated rings. The van der Waals surface area contributed by atoms with Crippen LogP contribution in [0.2, 0.25) is 0 Å². The zero-order valence-corrected chi connectivity index (χ0v) is 9.86. The van der Waals surface area contributed by atoms with E-state index in [1.807, 2.05) is 12.1 Å². The molecule has 0 saturated heterocycles. The first kappa shape index (κ1) is 11.4. The van der Waals surface area contributed by atoms with Crippen LogP contribution in [0.3, 0.4) is 0 Å². The average molecular weight is 220 g/mol. The second kappa shape index (κ2) is 5.30. The Balaban J connectivity index is 1.77. The maximum absolute atomic E-state index is 5.88. The summed E-state index contributed by atoms with van der Waals surface area (Å²) in [5, 5.41) is 0. The Morgan fingerprint density at radius 1 is 1.31 bits per heavy atom. The molecule has 1 aliphatic carbocycles. The first-order chi connectivity index (χ1) is 7.74. The van der Waals surface area contributed by atoms with Crippen molar-refractivity contribution < 1.29 is 4.74 Å². The summed E-state index contributed by atoms with van der Waals surface area (Å²) in [6.07, 6.45) is 7.22. The molecule has 0 unspecified atom stereocenters. The summed E-state index contributed by atoms with van der Waals surface area (Å²) in [6, 6.07) is 3.80. The monoisotopic (exact) mass is 220 g/mol. The molecule has 0 atom stereocenters. The standard InChI is InChI=1S/C13H20N2O/c1-10-2-5-12(6-3-10)16-9-11-4-7-13(14)15-8-11/h4,7-8,10,12H,2-3,5-6,9H2,1H3,(H2,14,15). The third kappa shape index (κ3) is 3.20. The molecule has 0 spiro atoms. The van der Waals surface area contributed by atoms with Gasteiger partial charge in [0.25, 0.3) is 0 Å². The molecule has 88 valence electrons. The molecule has 0 bridgehead atoms. The van der Waals surface area contributed by atoms with Gasteiger partial charge in [-0.2, -0.15) is 0 Å². The summed E-state index contributed by atoms with van der Waals surface area (Å²) in [4.78, 5) is 4.05. The van der Waals surface area contributed by atoms with Crippen molar-refractivity contribution in [3.63, 3.8) is 0 Å². The highest BCUT2D eigenvalue weighted by Gasteiger charge is 2.18. The SMILES string of the molecule is CC1CCC(OCc2ccc(N)nc2)CC1. The molecular weight excluding hydrogens is 200 g/mol. The van der Waals surface area contributed by atoms with Gasteiger partial charge in [-0.25, -0.2) is 4.98 Å². The zero-order valence-electron chi connectivity index (χ0n) is 9.86. The number of anilines is 1. The van der Waals surface area contributed by atoms with Crippen LogP contribution in [0.1, 0.15) is 38.2 Å². The van der Waals surface area contributed by atoms with Gasteiger partial charge < -0.3 is 10.5 Å². The lowest BCUT2D eigenvalue weighted by molar-refractivity contribution is 0.00867. The highest BCUT2D eigenvalue weighted by Crippen LogP contribution is 2.26. The third-order valence-corrected chi connectivity index (χ3v) is 3.30. The second-order valence-corrected chi connectivity index (χ2v) is 4.78. The fourth-order valence-corrected chi connectivity index (χ4v) is 2.13. The van der Waals surface area contributed by atoms with E-state index in [0.717, 1.165) is 11.5 Å². The molecule has 2 N–H and O–H groups in total. The number of ether oxygens (including phenoxy) is 1. The topological polar surface area (TPSA) is 48.1 Å². The maximum Gasteiger partial charge on any atom is 0.123 e. The number of pyridine rings is 1. The van der Waals surface area contributed by atoms with Crippen LogP contribution >= 0.6 is 0 Å². The number of nitrogen functional groups attached to an aromatic ring is 1. The van der Waals surface area contributed by atoms with Crippen molar-refractivity contribution in [2.24, 2.45) is 5.92 Å². The van der Waals surface area contributed by atoms with Crippen LogP contribution in [-0.2, 0) is 11.3 Å². The fourth-order valence-electron chi connectivity index (χ4n) is 2.13. The Hall–Kier alpha value is -1.09. The fraction of sp³-hybridized carbons (Fsp3) is 0.615. The van der Waals surface area contributed by atoms with E-state index in [1.54, 1.807) is 6.20 Å². The Labute approximate surface area is 97.0 Å². The Morgan fingerprint density at radius 3 is 2.69 bits per heavy atom. The maximum atomic E-state index is 5.88. The molecule has 2 rings (SSSR count). The normalized spacial score (nSPS) is 25.6. The molecule has 1 aliphatic rings. The first-order valence-corrected chi connectivity index (χ1v) is 6.06. The number of aromatic nitrogens is 1. The van der Waals surface area contributed by atoms with Crippen molar-refractivity contribution >= 4 is 5.82 Å². The van der Waals surface area contributed by atoms with E-state index >= 15 is 0 Å². The molecule has 3 heteroatoms. The van der Waals surface area contributed by atoms with Crippen molar-refractivity contribution in [2.75, 3.05) is 5.73 Å². The molecule has 0 aliphatic heterocycles. The predicted octanol–water partition coefficient (Wildman–Crippen LogP) is 2.76. The van der Waals surface area contributed by atoms with Gasteiger partial charge in [0, 0.05) is 6.20 Å². The highest BCUT2D eigenvalue weighted by molar-refractivity contribution is 5.28. The Morgan fingerprint density at radius 2 is 2.06 bits per heavy atom. The van der Waals surface area contributed by atoms with Crippen LogP contribution < -0.4 is 5.73 Å². The van der Waals surface area contributed by atoms with Crippen LogP contribution in [0.15, 0.2) is 18.3 Å². The van der Waals surface area contributed by atoms with E-state index < -0.39 is 0 Å². The second-order valence-electron chi connectivity index (χ2n) is 4.78. The van der Waals surface area contributed by atoms with Crippen molar-refractivity contribution in [3.8, 4) is 0 Å². The van der Waals surface area contributed by atoms with Crippen LogP contribution in [0.25, 0.3) is 0 Å². The van der Waals surface area contributed by atoms with Crippen molar-refractivity contribution in [1.82, 2.24) is 4.98 Å². The van der Waals surface area contributed by atoms with Gasteiger partial charge in [-0.1, -0.05) is 13.0 Å². The lowest BCUT2D eigenvalue weighted by Gasteiger charge is -2.26. The minimum absolute atomic E-state index is 0.439. The molecular formula is C13H20N2O. The average Bonchev–Trinajstić information content (AvgIpc) is 2.30. The van der Waals surface area contributed by atoms with Crippen LogP contribution in [0, 0.1) is 5.92 Å². The molecule has 3 nitrogen and oxygen atoms in total. The number of nitrogens with zero attached hydrogens (tertiary/aromatic N) is 1. The summed E-state index contributed by atoms with van der Waals surface area (Å²) < 4.78 is 5.88. The van der Waals surface area contributed by atoms with E-state index in [9.17, 15) is 0 Å². The largest absolute Gasteiger partial charge is 0.384 e. The molecule has 1 aromatic heterocycles. The number of rotatable bonds is 3. The molecule has 1 heterocycles. The lowest BCUT2D eigenvalue weighted by atomic mass is 9.89. The van der Waals surface area contributed by atoms with Gasteiger partial charge in [-0.05, 0) is 43.2 Å². The summed E-state index contributed by atoms with van der Waals surface area (Å²) in [7, 11) is 0. The molecule has 0 amide bonds. The summed E-state index contributed by atoms with van der Waals surface area (Å²) >= 11 is 0. The Bertz CT molecular complexity index is 315. The molecule has 16 heavy (non-hydrogen) atoms. The van der Waals surface area contributed by atoms with Gasteiger partial charge >= 0.3 is 0 Å². The van der Waals surface area contributed by atoms with E-state index in [-0.39, 0.29) is 0 Å².